The summed E-state index contributed by atoms with van der Waals surface area (Å²) in [5.41, 5.74) is 3.31. The summed E-state index contributed by atoms with van der Waals surface area (Å²) in [4.78, 5) is 38.7. The van der Waals surface area contributed by atoms with Crippen molar-refractivity contribution in [1.29, 1.82) is 0 Å². The van der Waals surface area contributed by atoms with Crippen molar-refractivity contribution in [2.24, 2.45) is 0 Å². The first-order chi connectivity index (χ1) is 16.5. The summed E-state index contributed by atoms with van der Waals surface area (Å²) < 4.78 is 1.94. The van der Waals surface area contributed by atoms with Crippen molar-refractivity contribution in [2.75, 3.05) is 11.9 Å². The van der Waals surface area contributed by atoms with Crippen LogP contribution in [0.15, 0.2) is 90.8 Å². The summed E-state index contributed by atoms with van der Waals surface area (Å²) in [7, 11) is 0. The highest BCUT2D eigenvalue weighted by molar-refractivity contribution is 6.16. The maximum absolute atomic E-state index is 12.9. The van der Waals surface area contributed by atoms with Crippen LogP contribution in [-0.2, 0) is 9.59 Å². The largest absolute Gasteiger partial charge is 0.329 e. The summed E-state index contributed by atoms with van der Waals surface area (Å²) in [6.07, 6.45) is 3.51. The van der Waals surface area contributed by atoms with Gasteiger partial charge in [0.25, 0.3) is 5.91 Å². The summed E-state index contributed by atoms with van der Waals surface area (Å²) in [5, 5.41) is 7.57. The number of anilines is 1. The quantitative estimate of drug-likeness (QED) is 0.348. The van der Waals surface area contributed by atoms with Gasteiger partial charge in [-0.05, 0) is 59.7 Å². The van der Waals surface area contributed by atoms with Crippen molar-refractivity contribution in [3.05, 3.63) is 102 Å². The Bertz CT molecular complexity index is 1470. The molecule has 34 heavy (non-hydrogen) atoms. The van der Waals surface area contributed by atoms with Crippen LogP contribution in [0.3, 0.4) is 0 Å². The van der Waals surface area contributed by atoms with Crippen molar-refractivity contribution in [1.82, 2.24) is 14.8 Å². The van der Waals surface area contributed by atoms with Gasteiger partial charge >= 0.3 is 6.03 Å². The lowest BCUT2D eigenvalue weighted by molar-refractivity contribution is -0.127. The predicted octanol–water partition coefficient (Wildman–Crippen LogP) is 4.47. The van der Waals surface area contributed by atoms with Crippen LogP contribution >= 0.6 is 0 Å². The third kappa shape index (κ3) is 4.06. The van der Waals surface area contributed by atoms with Crippen molar-refractivity contribution >= 4 is 40.4 Å². The lowest BCUT2D eigenvalue weighted by Crippen LogP contribution is -2.38. The second-order valence-corrected chi connectivity index (χ2v) is 8.08. The van der Waals surface area contributed by atoms with E-state index in [0.717, 1.165) is 32.6 Å². The molecule has 0 bridgehead atoms. The number of carbonyl (C=O) groups is 3. The summed E-state index contributed by atoms with van der Waals surface area (Å²) >= 11 is 0. The molecule has 0 saturated carbocycles. The molecular weight excluding hydrogens is 428 g/mol. The number of rotatable bonds is 5. The molecular formula is C27H22N4O3. The monoisotopic (exact) mass is 450 g/mol. The Hall–Kier alpha value is -4.65. The molecule has 7 nitrogen and oxygen atoms in total. The van der Waals surface area contributed by atoms with Crippen LogP contribution < -0.4 is 10.6 Å². The number of hydrogen-bond donors (Lipinski definition) is 2. The van der Waals surface area contributed by atoms with E-state index < -0.39 is 17.8 Å². The van der Waals surface area contributed by atoms with Crippen LogP contribution in [-0.4, -0.2) is 33.9 Å². The molecule has 1 aromatic heterocycles. The van der Waals surface area contributed by atoms with Crippen LogP contribution in [0.25, 0.3) is 22.5 Å². The zero-order chi connectivity index (χ0) is 23.7. The van der Waals surface area contributed by atoms with E-state index >= 15 is 0 Å². The van der Waals surface area contributed by atoms with E-state index in [1.807, 2.05) is 84.4 Å². The number of fused-ring (bicyclic) bond motifs is 1. The molecule has 1 aliphatic rings. The Balaban J connectivity index is 1.36. The maximum atomic E-state index is 12.9. The van der Waals surface area contributed by atoms with E-state index in [1.54, 1.807) is 12.1 Å². The van der Waals surface area contributed by atoms with Crippen LogP contribution in [0.5, 0.6) is 0 Å². The van der Waals surface area contributed by atoms with Gasteiger partial charge in [0, 0.05) is 23.3 Å². The van der Waals surface area contributed by atoms with Gasteiger partial charge in [0.05, 0.1) is 0 Å². The number of imide groups is 1. The van der Waals surface area contributed by atoms with Gasteiger partial charge in [-0.2, -0.15) is 0 Å². The molecule has 0 atom stereocenters. The molecule has 168 valence electrons. The van der Waals surface area contributed by atoms with Gasteiger partial charge in [-0.15, -0.1) is 0 Å². The lowest BCUT2D eigenvalue weighted by Gasteiger charge is -2.13. The number of aromatic nitrogens is 1. The third-order valence-electron chi connectivity index (χ3n) is 5.77. The molecule has 0 spiro atoms. The van der Waals surface area contributed by atoms with E-state index in [9.17, 15) is 14.4 Å². The molecule has 1 saturated heterocycles. The van der Waals surface area contributed by atoms with Crippen LogP contribution in [0.4, 0.5) is 10.5 Å². The van der Waals surface area contributed by atoms with E-state index in [4.69, 9.17) is 0 Å². The fraction of sp³-hybridized carbons (Fsp3) is 0.0741. The summed E-state index contributed by atoms with van der Waals surface area (Å²) in [6.45, 7) is 1.50. The fourth-order valence-electron chi connectivity index (χ4n) is 3.98. The minimum atomic E-state index is -0.625. The summed E-state index contributed by atoms with van der Waals surface area (Å²) in [5.74, 6) is -0.991. The van der Waals surface area contributed by atoms with Crippen molar-refractivity contribution in [3.63, 3.8) is 0 Å². The number of nitrogens with one attached hydrogen (secondary N) is 2. The highest BCUT2D eigenvalue weighted by Crippen LogP contribution is 2.22. The molecule has 2 N–H and O–H groups in total. The standard InChI is InChI=1S/C27H22N4O3/c1-18-7-2-5-11-23(18)28-25(32)17-31-26(33)24(29-27(31)34)16-21-10-6-14-30(21)22-13-12-19-8-3-4-9-20(19)15-22/h2-16H,17H2,1H3,(H,28,32)(H,29,34)/b24-16-. The smallest absolute Gasteiger partial charge is 0.324 e. The number of amides is 4. The highest BCUT2D eigenvalue weighted by Gasteiger charge is 2.35. The predicted molar refractivity (Wildman–Crippen MR) is 131 cm³/mol. The third-order valence-corrected chi connectivity index (χ3v) is 5.77. The average Bonchev–Trinajstić information content (AvgIpc) is 3.40. The molecule has 0 aliphatic carbocycles. The molecule has 5 rings (SSSR count). The van der Waals surface area contributed by atoms with E-state index in [2.05, 4.69) is 16.7 Å². The molecule has 0 radical (unpaired) electrons. The van der Waals surface area contributed by atoms with E-state index in [0.29, 0.717) is 5.69 Å². The fourth-order valence-corrected chi connectivity index (χ4v) is 3.98. The minimum absolute atomic E-state index is 0.120. The second kappa shape index (κ2) is 8.71. The number of carbonyl (C=O) groups excluding carboxylic acids is 3. The molecule has 2 heterocycles. The Morgan fingerprint density at radius 3 is 2.53 bits per heavy atom. The SMILES string of the molecule is Cc1ccccc1NC(=O)CN1C(=O)N/C(=C\c2cccn2-c2ccc3ccccc3c2)C1=O. The second-order valence-electron chi connectivity index (χ2n) is 8.08. The molecule has 4 aromatic rings. The van der Waals surface area contributed by atoms with Gasteiger partial charge in [-0.1, -0.05) is 48.5 Å². The topological polar surface area (TPSA) is 83.4 Å². The average molecular weight is 450 g/mol. The molecule has 4 amide bonds. The minimum Gasteiger partial charge on any atom is -0.324 e. The van der Waals surface area contributed by atoms with Gasteiger partial charge < -0.3 is 15.2 Å². The molecule has 0 unspecified atom stereocenters. The van der Waals surface area contributed by atoms with E-state index in [-0.39, 0.29) is 12.2 Å². The molecule has 1 aliphatic heterocycles. The maximum Gasteiger partial charge on any atom is 0.329 e. The van der Waals surface area contributed by atoms with Gasteiger partial charge in [0.1, 0.15) is 12.2 Å². The first-order valence-electron chi connectivity index (χ1n) is 10.9. The first-order valence-corrected chi connectivity index (χ1v) is 10.9. The molecule has 1 fully saturated rings. The lowest BCUT2D eigenvalue weighted by atomic mass is 10.1. The number of benzene rings is 3. The number of urea groups is 1. The normalized spacial score (nSPS) is 14.6. The number of para-hydroxylation sites is 1. The van der Waals surface area contributed by atoms with Crippen LogP contribution in [0, 0.1) is 6.92 Å². The number of aryl methyl sites for hydroxylation is 1. The van der Waals surface area contributed by atoms with Crippen LogP contribution in [0.1, 0.15) is 11.3 Å². The first kappa shape index (κ1) is 21.2. The Labute approximate surface area is 196 Å². The highest BCUT2D eigenvalue weighted by atomic mass is 16.2. The van der Waals surface area contributed by atoms with Gasteiger partial charge in [0.15, 0.2) is 0 Å². The van der Waals surface area contributed by atoms with Crippen molar-refractivity contribution in [2.45, 2.75) is 6.92 Å². The van der Waals surface area contributed by atoms with Gasteiger partial charge in [-0.25, -0.2) is 9.69 Å². The Morgan fingerprint density at radius 2 is 1.71 bits per heavy atom. The Morgan fingerprint density at radius 1 is 0.941 bits per heavy atom. The molecule has 3 aromatic carbocycles. The zero-order valence-corrected chi connectivity index (χ0v) is 18.5. The van der Waals surface area contributed by atoms with Crippen molar-refractivity contribution < 1.29 is 14.4 Å². The Kier molecular flexibility index (Phi) is 5.43. The molecule has 7 heteroatoms. The zero-order valence-electron chi connectivity index (χ0n) is 18.5. The van der Waals surface area contributed by atoms with Gasteiger partial charge in [-0.3, -0.25) is 9.59 Å². The van der Waals surface area contributed by atoms with Crippen LogP contribution in [0.2, 0.25) is 0 Å². The number of hydrogen-bond acceptors (Lipinski definition) is 3. The van der Waals surface area contributed by atoms with E-state index in [1.165, 1.54) is 0 Å². The number of nitrogens with zero attached hydrogens (tertiary/aromatic N) is 2. The summed E-state index contributed by atoms with van der Waals surface area (Å²) in [6, 6.07) is 24.6. The van der Waals surface area contributed by atoms with Crippen molar-refractivity contribution in [3.8, 4) is 5.69 Å². The van der Waals surface area contributed by atoms with Gasteiger partial charge in [0.2, 0.25) is 5.91 Å².